The van der Waals surface area contributed by atoms with E-state index in [9.17, 15) is 4.79 Å². The molecule has 5 nitrogen and oxygen atoms in total. The molecule has 1 N–H and O–H groups in total. The first kappa shape index (κ1) is 16.3. The Hall–Kier alpha value is -2.11. The fourth-order valence-electron chi connectivity index (χ4n) is 1.78. The Morgan fingerprint density at radius 2 is 2.05 bits per heavy atom. The van der Waals surface area contributed by atoms with E-state index < -0.39 is 0 Å². The van der Waals surface area contributed by atoms with Crippen LogP contribution in [0.4, 0.5) is 5.69 Å². The lowest BCUT2D eigenvalue weighted by Gasteiger charge is -2.11. The molecule has 1 heterocycles. The number of anilines is 1. The fraction of sp³-hybridized carbons (Fsp3) is 0.250. The Balaban J connectivity index is 2.03. The van der Waals surface area contributed by atoms with Crippen LogP contribution in [-0.2, 0) is 4.74 Å². The van der Waals surface area contributed by atoms with Gasteiger partial charge in [0.25, 0.3) is 5.91 Å². The maximum absolute atomic E-state index is 12.3. The van der Waals surface area contributed by atoms with E-state index in [0.717, 1.165) is 0 Å². The lowest BCUT2D eigenvalue weighted by atomic mass is 10.2. The van der Waals surface area contributed by atoms with Crippen LogP contribution in [0.15, 0.2) is 42.6 Å². The minimum atomic E-state index is -0.267. The van der Waals surface area contributed by atoms with Gasteiger partial charge in [0.2, 0.25) is 0 Å². The zero-order valence-electron chi connectivity index (χ0n) is 12.2. The summed E-state index contributed by atoms with van der Waals surface area (Å²) in [5, 5.41) is 3.13. The van der Waals surface area contributed by atoms with Crippen molar-refractivity contribution < 1.29 is 14.3 Å². The molecule has 0 atom stereocenters. The molecule has 0 saturated heterocycles. The van der Waals surface area contributed by atoms with Gasteiger partial charge in [0, 0.05) is 6.61 Å². The highest BCUT2D eigenvalue weighted by atomic mass is 35.5. The van der Waals surface area contributed by atoms with Crippen LogP contribution in [0.1, 0.15) is 17.3 Å². The minimum Gasteiger partial charge on any atom is -0.490 e. The molecule has 0 unspecified atom stereocenters. The van der Waals surface area contributed by atoms with Gasteiger partial charge in [-0.2, -0.15) is 0 Å². The van der Waals surface area contributed by atoms with Gasteiger partial charge in [-0.1, -0.05) is 23.7 Å². The SMILES string of the molecule is CCOCCOc1ccccc1C(=O)Nc1ccc(Cl)nc1. The summed E-state index contributed by atoms with van der Waals surface area (Å²) in [6.45, 7) is 3.42. The second-order valence-electron chi connectivity index (χ2n) is 4.37. The summed E-state index contributed by atoms with van der Waals surface area (Å²) in [5.74, 6) is 0.248. The predicted octanol–water partition coefficient (Wildman–Crippen LogP) is 3.40. The molecule has 2 aromatic rings. The van der Waals surface area contributed by atoms with Crippen LogP contribution in [0, 0.1) is 0 Å². The lowest BCUT2D eigenvalue weighted by Crippen LogP contribution is -2.15. The van der Waals surface area contributed by atoms with Crippen molar-refractivity contribution in [1.29, 1.82) is 0 Å². The molecule has 0 aliphatic rings. The van der Waals surface area contributed by atoms with Gasteiger partial charge in [0.1, 0.15) is 17.5 Å². The molecular weight excluding hydrogens is 304 g/mol. The van der Waals surface area contributed by atoms with Crippen molar-refractivity contribution in [2.45, 2.75) is 6.92 Å². The van der Waals surface area contributed by atoms with Crippen LogP contribution in [0.3, 0.4) is 0 Å². The molecule has 0 saturated carbocycles. The maximum atomic E-state index is 12.3. The van der Waals surface area contributed by atoms with Crippen LogP contribution in [0.25, 0.3) is 0 Å². The Kier molecular flexibility index (Phi) is 6.18. The van der Waals surface area contributed by atoms with Crippen molar-refractivity contribution >= 4 is 23.2 Å². The van der Waals surface area contributed by atoms with Crippen LogP contribution in [0.2, 0.25) is 5.15 Å². The summed E-state index contributed by atoms with van der Waals surface area (Å²) in [5.41, 5.74) is 1.02. The number of aromatic nitrogens is 1. The minimum absolute atomic E-state index is 0.267. The normalized spacial score (nSPS) is 10.3. The van der Waals surface area contributed by atoms with Gasteiger partial charge >= 0.3 is 0 Å². The number of para-hydroxylation sites is 1. The third-order valence-corrected chi connectivity index (χ3v) is 3.03. The topological polar surface area (TPSA) is 60.5 Å². The maximum Gasteiger partial charge on any atom is 0.259 e. The molecule has 1 amide bonds. The van der Waals surface area contributed by atoms with Crippen molar-refractivity contribution in [1.82, 2.24) is 4.98 Å². The zero-order chi connectivity index (χ0) is 15.8. The Bertz CT molecular complexity index is 617. The average Bonchev–Trinajstić information content (AvgIpc) is 2.54. The summed E-state index contributed by atoms with van der Waals surface area (Å²) in [4.78, 5) is 16.2. The molecule has 0 radical (unpaired) electrons. The first-order valence-electron chi connectivity index (χ1n) is 6.93. The summed E-state index contributed by atoms with van der Waals surface area (Å²) >= 11 is 5.72. The van der Waals surface area contributed by atoms with Crippen LogP contribution < -0.4 is 10.1 Å². The molecular formula is C16H17ClN2O3. The highest BCUT2D eigenvalue weighted by Gasteiger charge is 2.12. The predicted molar refractivity (Wildman–Crippen MR) is 85.6 cm³/mol. The first-order valence-corrected chi connectivity index (χ1v) is 7.31. The Morgan fingerprint density at radius 3 is 2.77 bits per heavy atom. The second kappa shape index (κ2) is 8.36. The van der Waals surface area contributed by atoms with E-state index in [2.05, 4.69) is 10.3 Å². The number of amides is 1. The molecule has 0 bridgehead atoms. The quantitative estimate of drug-likeness (QED) is 0.627. The molecule has 22 heavy (non-hydrogen) atoms. The molecule has 1 aromatic heterocycles. The summed E-state index contributed by atoms with van der Waals surface area (Å²) in [6, 6.07) is 10.4. The van der Waals surface area contributed by atoms with Crippen LogP contribution in [-0.4, -0.2) is 30.7 Å². The molecule has 0 aliphatic heterocycles. The summed E-state index contributed by atoms with van der Waals surface area (Å²) in [6.07, 6.45) is 1.50. The highest BCUT2D eigenvalue weighted by Crippen LogP contribution is 2.20. The zero-order valence-corrected chi connectivity index (χ0v) is 13.0. The number of carbonyl (C=O) groups is 1. The number of ether oxygens (including phenoxy) is 2. The van der Waals surface area contributed by atoms with E-state index in [4.69, 9.17) is 21.1 Å². The third kappa shape index (κ3) is 4.72. The van der Waals surface area contributed by atoms with Crippen LogP contribution >= 0.6 is 11.6 Å². The van der Waals surface area contributed by atoms with E-state index in [1.807, 2.05) is 13.0 Å². The number of nitrogens with one attached hydrogen (secondary N) is 1. The molecule has 0 aliphatic carbocycles. The molecule has 0 fully saturated rings. The van der Waals surface area contributed by atoms with Gasteiger partial charge in [-0.05, 0) is 31.2 Å². The lowest BCUT2D eigenvalue weighted by molar-refractivity contribution is 0.0998. The summed E-state index contributed by atoms with van der Waals surface area (Å²) in [7, 11) is 0. The summed E-state index contributed by atoms with van der Waals surface area (Å²) < 4.78 is 10.8. The molecule has 6 heteroatoms. The average molecular weight is 321 g/mol. The van der Waals surface area contributed by atoms with Crippen molar-refractivity contribution in [3.8, 4) is 5.75 Å². The third-order valence-electron chi connectivity index (χ3n) is 2.81. The molecule has 2 rings (SSSR count). The Labute approximate surface area is 134 Å². The standard InChI is InChI=1S/C16H17ClN2O3/c1-2-21-9-10-22-14-6-4-3-5-13(14)16(20)19-12-7-8-15(17)18-11-12/h3-8,11H,2,9-10H2,1H3,(H,19,20). The number of nitrogens with zero attached hydrogens (tertiary/aromatic N) is 1. The van der Waals surface area contributed by atoms with E-state index in [0.29, 0.717) is 42.0 Å². The second-order valence-corrected chi connectivity index (χ2v) is 4.75. The van der Waals surface area contributed by atoms with Gasteiger partial charge in [-0.3, -0.25) is 4.79 Å². The van der Waals surface area contributed by atoms with Crippen molar-refractivity contribution in [2.75, 3.05) is 25.1 Å². The Morgan fingerprint density at radius 1 is 1.23 bits per heavy atom. The largest absolute Gasteiger partial charge is 0.490 e. The number of benzene rings is 1. The first-order chi connectivity index (χ1) is 10.7. The van der Waals surface area contributed by atoms with Crippen molar-refractivity contribution in [3.63, 3.8) is 0 Å². The van der Waals surface area contributed by atoms with E-state index in [-0.39, 0.29) is 5.91 Å². The monoisotopic (exact) mass is 320 g/mol. The molecule has 116 valence electrons. The smallest absolute Gasteiger partial charge is 0.259 e. The fourth-order valence-corrected chi connectivity index (χ4v) is 1.89. The van der Waals surface area contributed by atoms with E-state index in [1.54, 1.807) is 30.3 Å². The number of pyridine rings is 1. The van der Waals surface area contributed by atoms with Gasteiger partial charge in [0.05, 0.1) is 24.1 Å². The number of carbonyl (C=O) groups excluding carboxylic acids is 1. The van der Waals surface area contributed by atoms with Gasteiger partial charge < -0.3 is 14.8 Å². The van der Waals surface area contributed by atoms with Crippen molar-refractivity contribution in [3.05, 3.63) is 53.3 Å². The van der Waals surface area contributed by atoms with Crippen LogP contribution in [0.5, 0.6) is 5.75 Å². The van der Waals surface area contributed by atoms with Gasteiger partial charge in [0.15, 0.2) is 0 Å². The molecule has 1 aromatic carbocycles. The van der Waals surface area contributed by atoms with E-state index in [1.165, 1.54) is 6.20 Å². The number of hydrogen-bond acceptors (Lipinski definition) is 4. The number of halogens is 1. The van der Waals surface area contributed by atoms with E-state index >= 15 is 0 Å². The van der Waals surface area contributed by atoms with Gasteiger partial charge in [-0.25, -0.2) is 4.98 Å². The highest BCUT2D eigenvalue weighted by molar-refractivity contribution is 6.29. The number of rotatable bonds is 7. The van der Waals surface area contributed by atoms with Gasteiger partial charge in [-0.15, -0.1) is 0 Å². The van der Waals surface area contributed by atoms with Crippen molar-refractivity contribution in [2.24, 2.45) is 0 Å². The molecule has 0 spiro atoms. The number of hydrogen-bond donors (Lipinski definition) is 1.